The number of hydrogen-bond acceptors (Lipinski definition) is 4. The highest BCUT2D eigenvalue weighted by Gasteiger charge is 2.36. The lowest BCUT2D eigenvalue weighted by molar-refractivity contribution is -0.143. The number of hydrogen-bond donors (Lipinski definition) is 0. The number of rotatable bonds is 6. The smallest absolute Gasteiger partial charge is 0.305 e. The number of nitriles is 1. The number of carbonyl (C=O) groups is 1. The summed E-state index contributed by atoms with van der Waals surface area (Å²) in [5.74, 6) is -0.0699. The van der Waals surface area contributed by atoms with Crippen LogP contribution in [0, 0.1) is 17.2 Å². The zero-order chi connectivity index (χ0) is 13.6. The third-order valence-corrected chi connectivity index (χ3v) is 3.93. The minimum atomic E-state index is -0.591. The van der Waals surface area contributed by atoms with Crippen LogP contribution in [-0.4, -0.2) is 12.6 Å². The molecule has 0 radical (unpaired) electrons. The Labute approximate surface area is 112 Å². The molecule has 3 nitrogen and oxygen atoms in total. The average molecular weight is 265 g/mol. The minimum Gasteiger partial charge on any atom is -0.466 e. The summed E-state index contributed by atoms with van der Waals surface area (Å²) in [7, 11) is 0. The molecular weight excluding hydrogens is 246 g/mol. The molecule has 1 aromatic heterocycles. The summed E-state index contributed by atoms with van der Waals surface area (Å²) in [5, 5.41) is 13.5. The fourth-order valence-electron chi connectivity index (χ4n) is 2.07. The molecule has 0 N–H and O–H groups in total. The van der Waals surface area contributed by atoms with Crippen LogP contribution in [0.5, 0.6) is 0 Å². The van der Waals surface area contributed by atoms with Crippen molar-refractivity contribution < 1.29 is 9.53 Å². The summed E-state index contributed by atoms with van der Waals surface area (Å²) < 4.78 is 4.93. The Morgan fingerprint density at radius 2 is 2.33 bits per heavy atom. The second kappa shape index (κ2) is 6.55. The number of ether oxygens (including phenoxy) is 1. The lowest BCUT2D eigenvalue weighted by Crippen LogP contribution is -2.31. The largest absolute Gasteiger partial charge is 0.466 e. The molecule has 0 aliphatic heterocycles. The van der Waals surface area contributed by atoms with Crippen molar-refractivity contribution in [3.63, 3.8) is 0 Å². The molecule has 0 saturated heterocycles. The Morgan fingerprint density at radius 3 is 2.78 bits per heavy atom. The van der Waals surface area contributed by atoms with E-state index in [0.717, 1.165) is 5.56 Å². The standard InChI is InChI=1S/C14H19NO2S/c1-4-17-13(16)5-7-14(10-15,11(2)3)12-6-8-18-9-12/h6,8-9,11H,4-5,7H2,1-3H3. The van der Waals surface area contributed by atoms with Crippen molar-refractivity contribution in [3.8, 4) is 6.07 Å². The van der Waals surface area contributed by atoms with Gasteiger partial charge in [-0.05, 0) is 41.7 Å². The number of thiophene rings is 1. The van der Waals surface area contributed by atoms with E-state index >= 15 is 0 Å². The molecule has 0 bridgehead atoms. The molecule has 1 aromatic rings. The van der Waals surface area contributed by atoms with Crippen molar-refractivity contribution in [1.29, 1.82) is 5.26 Å². The van der Waals surface area contributed by atoms with Gasteiger partial charge in [0, 0.05) is 6.42 Å². The van der Waals surface area contributed by atoms with Gasteiger partial charge in [-0.1, -0.05) is 13.8 Å². The zero-order valence-corrected chi connectivity index (χ0v) is 11.9. The molecule has 1 unspecified atom stereocenters. The maximum absolute atomic E-state index is 11.5. The Kier molecular flexibility index (Phi) is 5.36. The SMILES string of the molecule is CCOC(=O)CCC(C#N)(c1ccsc1)C(C)C. The third-order valence-electron chi connectivity index (χ3n) is 3.25. The number of carbonyl (C=O) groups excluding carboxylic acids is 1. The maximum Gasteiger partial charge on any atom is 0.305 e. The van der Waals surface area contributed by atoms with Gasteiger partial charge in [0.15, 0.2) is 0 Å². The molecule has 0 amide bonds. The zero-order valence-electron chi connectivity index (χ0n) is 11.1. The van der Waals surface area contributed by atoms with Gasteiger partial charge in [0.2, 0.25) is 0 Å². The van der Waals surface area contributed by atoms with Crippen molar-refractivity contribution in [2.75, 3.05) is 6.61 Å². The van der Waals surface area contributed by atoms with Crippen molar-refractivity contribution in [3.05, 3.63) is 22.4 Å². The van der Waals surface area contributed by atoms with Crippen molar-refractivity contribution in [2.24, 2.45) is 5.92 Å². The Hall–Kier alpha value is -1.34. The van der Waals surface area contributed by atoms with Crippen molar-refractivity contribution in [2.45, 2.75) is 39.0 Å². The first-order chi connectivity index (χ1) is 8.56. The van der Waals surface area contributed by atoms with Crippen LogP contribution in [0.15, 0.2) is 16.8 Å². The highest BCUT2D eigenvalue weighted by Crippen LogP contribution is 2.37. The molecule has 1 rings (SSSR count). The van der Waals surface area contributed by atoms with Crippen LogP contribution in [0.4, 0.5) is 0 Å². The number of nitrogens with zero attached hydrogens (tertiary/aromatic N) is 1. The normalized spacial score (nSPS) is 13.9. The van der Waals surface area contributed by atoms with Crippen LogP contribution in [0.1, 0.15) is 39.2 Å². The van der Waals surface area contributed by atoms with Crippen LogP contribution in [0.2, 0.25) is 0 Å². The molecular formula is C14H19NO2S. The monoisotopic (exact) mass is 265 g/mol. The molecule has 0 spiro atoms. The Balaban J connectivity index is 2.87. The molecule has 18 heavy (non-hydrogen) atoms. The average Bonchev–Trinajstić information content (AvgIpc) is 2.84. The summed E-state index contributed by atoms with van der Waals surface area (Å²) >= 11 is 1.58. The van der Waals surface area contributed by atoms with E-state index in [-0.39, 0.29) is 18.3 Å². The number of esters is 1. The van der Waals surface area contributed by atoms with Gasteiger partial charge in [0.1, 0.15) is 0 Å². The van der Waals surface area contributed by atoms with E-state index in [1.165, 1.54) is 0 Å². The molecule has 4 heteroatoms. The molecule has 0 fully saturated rings. The predicted octanol–water partition coefficient (Wildman–Crippen LogP) is 3.51. The molecule has 0 aliphatic rings. The fourth-order valence-corrected chi connectivity index (χ4v) is 2.81. The third kappa shape index (κ3) is 3.11. The molecule has 0 aromatic carbocycles. The minimum absolute atomic E-state index is 0.159. The summed E-state index contributed by atoms with van der Waals surface area (Å²) in [6.45, 7) is 6.22. The lowest BCUT2D eigenvalue weighted by Gasteiger charge is -2.29. The van der Waals surface area contributed by atoms with Crippen molar-refractivity contribution in [1.82, 2.24) is 0 Å². The van der Waals surface area contributed by atoms with Crippen LogP contribution in [-0.2, 0) is 14.9 Å². The van der Waals surface area contributed by atoms with E-state index < -0.39 is 5.41 Å². The Morgan fingerprint density at radius 1 is 1.61 bits per heavy atom. The van der Waals surface area contributed by atoms with E-state index in [2.05, 4.69) is 6.07 Å². The second-order valence-electron chi connectivity index (χ2n) is 4.55. The summed E-state index contributed by atoms with van der Waals surface area (Å²) in [6, 6.07) is 4.39. The van der Waals surface area contributed by atoms with Gasteiger partial charge < -0.3 is 4.74 Å². The summed E-state index contributed by atoms with van der Waals surface area (Å²) in [5.41, 5.74) is 0.418. The van der Waals surface area contributed by atoms with Crippen LogP contribution in [0.3, 0.4) is 0 Å². The quantitative estimate of drug-likeness (QED) is 0.740. The van der Waals surface area contributed by atoms with Crippen LogP contribution >= 0.6 is 11.3 Å². The predicted molar refractivity (Wildman–Crippen MR) is 72.3 cm³/mol. The Bertz CT molecular complexity index is 420. The first-order valence-corrected chi connectivity index (χ1v) is 7.10. The summed E-state index contributed by atoms with van der Waals surface area (Å²) in [6.07, 6.45) is 0.798. The molecule has 1 atom stereocenters. The van der Waals surface area contributed by atoms with Crippen molar-refractivity contribution >= 4 is 17.3 Å². The molecule has 0 saturated carbocycles. The highest BCUT2D eigenvalue weighted by molar-refractivity contribution is 7.08. The van der Waals surface area contributed by atoms with Gasteiger partial charge >= 0.3 is 5.97 Å². The van der Waals surface area contributed by atoms with Gasteiger partial charge in [-0.2, -0.15) is 16.6 Å². The van der Waals surface area contributed by atoms with Gasteiger partial charge in [-0.15, -0.1) is 0 Å². The van der Waals surface area contributed by atoms with Crippen LogP contribution < -0.4 is 0 Å². The fraction of sp³-hybridized carbons (Fsp3) is 0.571. The topological polar surface area (TPSA) is 50.1 Å². The molecule has 0 aliphatic carbocycles. The van der Waals surface area contributed by atoms with Gasteiger partial charge in [0.05, 0.1) is 18.1 Å². The van der Waals surface area contributed by atoms with Gasteiger partial charge in [-0.25, -0.2) is 0 Å². The highest BCUT2D eigenvalue weighted by atomic mass is 32.1. The first kappa shape index (κ1) is 14.7. The van der Waals surface area contributed by atoms with Gasteiger partial charge in [-0.3, -0.25) is 4.79 Å². The maximum atomic E-state index is 11.5. The van der Waals surface area contributed by atoms with E-state index in [0.29, 0.717) is 13.0 Å². The van der Waals surface area contributed by atoms with E-state index in [1.54, 1.807) is 18.3 Å². The second-order valence-corrected chi connectivity index (χ2v) is 5.33. The molecule has 98 valence electrons. The first-order valence-electron chi connectivity index (χ1n) is 6.16. The molecule has 1 heterocycles. The van der Waals surface area contributed by atoms with E-state index in [1.807, 2.05) is 30.7 Å². The van der Waals surface area contributed by atoms with Crippen LogP contribution in [0.25, 0.3) is 0 Å². The van der Waals surface area contributed by atoms with E-state index in [4.69, 9.17) is 4.74 Å². The van der Waals surface area contributed by atoms with Gasteiger partial charge in [0.25, 0.3) is 0 Å². The van der Waals surface area contributed by atoms with E-state index in [9.17, 15) is 10.1 Å². The lowest BCUT2D eigenvalue weighted by atomic mass is 9.71. The summed E-state index contributed by atoms with van der Waals surface area (Å²) in [4.78, 5) is 11.5.